The van der Waals surface area contributed by atoms with Crippen LogP contribution in [0.2, 0.25) is 5.02 Å². The van der Waals surface area contributed by atoms with Crippen molar-refractivity contribution in [2.45, 2.75) is 13.5 Å². The molecule has 5 nitrogen and oxygen atoms in total. The lowest BCUT2D eigenvalue weighted by molar-refractivity contribution is 0.0527. The van der Waals surface area contributed by atoms with Crippen molar-refractivity contribution in [3.63, 3.8) is 0 Å². The number of aryl methyl sites for hydroxylation is 1. The molecule has 0 aliphatic carbocycles. The summed E-state index contributed by atoms with van der Waals surface area (Å²) in [5.41, 5.74) is 3.61. The van der Waals surface area contributed by atoms with E-state index in [-0.39, 0.29) is 5.82 Å². The molecule has 2 N–H and O–H groups in total. The molecule has 1 aromatic heterocycles. The molecule has 3 rings (SSSR count). The van der Waals surface area contributed by atoms with Gasteiger partial charge in [-0.15, -0.1) is 0 Å². The summed E-state index contributed by atoms with van der Waals surface area (Å²) in [6.07, 6.45) is 1.76. The molecule has 0 saturated carbocycles. The van der Waals surface area contributed by atoms with Crippen LogP contribution >= 0.6 is 11.6 Å². The van der Waals surface area contributed by atoms with Crippen LogP contribution in [0, 0.1) is 12.7 Å². The molecule has 7 heteroatoms. The zero-order valence-corrected chi connectivity index (χ0v) is 17.8. The molecule has 3 aromatic rings. The van der Waals surface area contributed by atoms with Gasteiger partial charge in [-0.05, 0) is 48.4 Å². The van der Waals surface area contributed by atoms with Gasteiger partial charge < -0.3 is 20.1 Å². The summed E-state index contributed by atoms with van der Waals surface area (Å²) in [5, 5.41) is 8.36. The average molecular weight is 432 g/mol. The molecule has 1 heterocycles. The van der Waals surface area contributed by atoms with Gasteiger partial charge in [-0.2, -0.15) is 0 Å². The molecule has 0 bridgehead atoms. The second-order valence-corrected chi connectivity index (χ2v) is 7.37. The monoisotopic (exact) mass is 431 g/mol. The number of halogens is 2. The Balaban J connectivity index is 1.21. The van der Waals surface area contributed by atoms with E-state index in [4.69, 9.17) is 21.1 Å². The minimum atomic E-state index is -0.170. The van der Waals surface area contributed by atoms with E-state index < -0.39 is 0 Å². The van der Waals surface area contributed by atoms with Gasteiger partial charge in [0.15, 0.2) is 0 Å². The Bertz CT molecular complexity index is 955. The van der Waals surface area contributed by atoms with Crippen LogP contribution in [0.3, 0.4) is 0 Å². The summed E-state index contributed by atoms with van der Waals surface area (Å²) in [4.78, 5) is 4.33. The number of rotatable bonds is 12. The first-order valence-corrected chi connectivity index (χ1v) is 10.4. The number of pyridine rings is 1. The maximum absolute atomic E-state index is 13.2. The first-order valence-electron chi connectivity index (χ1n) is 10.0. The van der Waals surface area contributed by atoms with Crippen LogP contribution < -0.4 is 10.6 Å². The summed E-state index contributed by atoms with van der Waals surface area (Å²) in [7, 11) is 0. The van der Waals surface area contributed by atoms with E-state index in [2.05, 4.69) is 15.6 Å². The molecule has 0 unspecified atom stereocenters. The van der Waals surface area contributed by atoms with Gasteiger partial charge in [-0.1, -0.05) is 23.7 Å². The lowest BCUT2D eigenvalue weighted by Crippen LogP contribution is -2.20. The molecule has 0 aliphatic rings. The Morgan fingerprint density at radius 1 is 0.967 bits per heavy atom. The van der Waals surface area contributed by atoms with E-state index in [0.717, 1.165) is 28.7 Å². The predicted molar refractivity (Wildman–Crippen MR) is 120 cm³/mol. The Morgan fingerprint density at radius 2 is 1.77 bits per heavy atom. The standard InChI is InChI=1S/C23H27ClFN3O2/c1-17-14-18(2-5-21(17)25)16-26-8-10-29-12-13-30-11-9-28-22-6-7-27-23-15-19(24)3-4-20(22)23/h2-7,14-15,26H,8-13,16H2,1H3,(H,27,28). The van der Waals surface area contributed by atoms with Crippen molar-refractivity contribution in [2.24, 2.45) is 0 Å². The number of nitrogens with zero attached hydrogens (tertiary/aromatic N) is 1. The summed E-state index contributed by atoms with van der Waals surface area (Å²) < 4.78 is 24.4. The second kappa shape index (κ2) is 11.8. The molecule has 0 atom stereocenters. The molecular formula is C23H27ClFN3O2. The highest BCUT2D eigenvalue weighted by Gasteiger charge is 2.02. The smallest absolute Gasteiger partial charge is 0.126 e. The zero-order valence-electron chi connectivity index (χ0n) is 17.1. The number of ether oxygens (including phenoxy) is 2. The van der Waals surface area contributed by atoms with Crippen molar-refractivity contribution in [3.05, 3.63) is 70.6 Å². The highest BCUT2D eigenvalue weighted by molar-refractivity contribution is 6.31. The van der Waals surface area contributed by atoms with Gasteiger partial charge in [-0.3, -0.25) is 4.98 Å². The maximum Gasteiger partial charge on any atom is 0.126 e. The number of benzene rings is 2. The molecule has 0 spiro atoms. The lowest BCUT2D eigenvalue weighted by atomic mass is 10.1. The van der Waals surface area contributed by atoms with E-state index >= 15 is 0 Å². The number of fused-ring (bicyclic) bond motifs is 1. The van der Waals surface area contributed by atoms with Crippen molar-refractivity contribution in [1.82, 2.24) is 10.3 Å². The van der Waals surface area contributed by atoms with Crippen LogP contribution in [0.4, 0.5) is 10.1 Å². The summed E-state index contributed by atoms with van der Waals surface area (Å²) in [5.74, 6) is -0.170. The molecule has 0 aliphatic heterocycles. The van der Waals surface area contributed by atoms with Crippen molar-refractivity contribution in [2.75, 3.05) is 44.8 Å². The summed E-state index contributed by atoms with van der Waals surface area (Å²) >= 11 is 6.02. The summed E-state index contributed by atoms with van der Waals surface area (Å²) in [6, 6.07) is 12.8. The van der Waals surface area contributed by atoms with E-state index in [1.54, 1.807) is 19.2 Å². The molecule has 0 amide bonds. The fraction of sp³-hybridized carbons (Fsp3) is 0.348. The number of hydrogen-bond donors (Lipinski definition) is 2. The van der Waals surface area contributed by atoms with E-state index in [9.17, 15) is 4.39 Å². The third-order valence-electron chi connectivity index (χ3n) is 4.61. The fourth-order valence-corrected chi connectivity index (χ4v) is 3.22. The van der Waals surface area contributed by atoms with E-state index in [0.29, 0.717) is 50.1 Å². The molecule has 0 fully saturated rings. The fourth-order valence-electron chi connectivity index (χ4n) is 3.05. The average Bonchev–Trinajstić information content (AvgIpc) is 2.74. The predicted octanol–water partition coefficient (Wildman–Crippen LogP) is 4.57. The number of aromatic nitrogens is 1. The Kier molecular flexibility index (Phi) is 8.83. The molecule has 0 saturated heterocycles. The van der Waals surface area contributed by atoms with Gasteiger partial charge >= 0.3 is 0 Å². The number of hydrogen-bond acceptors (Lipinski definition) is 5. The van der Waals surface area contributed by atoms with Crippen LogP contribution in [0.25, 0.3) is 10.9 Å². The first kappa shape index (κ1) is 22.4. The highest BCUT2D eigenvalue weighted by atomic mass is 35.5. The largest absolute Gasteiger partial charge is 0.382 e. The normalized spacial score (nSPS) is 11.2. The molecule has 2 aromatic carbocycles. The van der Waals surface area contributed by atoms with E-state index in [1.165, 1.54) is 6.07 Å². The minimum Gasteiger partial charge on any atom is -0.382 e. The minimum absolute atomic E-state index is 0.170. The molecule has 160 valence electrons. The Morgan fingerprint density at radius 3 is 2.57 bits per heavy atom. The van der Waals surface area contributed by atoms with Crippen molar-refractivity contribution >= 4 is 28.2 Å². The third-order valence-corrected chi connectivity index (χ3v) is 4.85. The third kappa shape index (κ3) is 6.92. The van der Waals surface area contributed by atoms with Gasteiger partial charge in [0.2, 0.25) is 0 Å². The van der Waals surface area contributed by atoms with Crippen LogP contribution in [-0.4, -0.2) is 44.5 Å². The van der Waals surface area contributed by atoms with Gasteiger partial charge in [0.05, 0.1) is 31.9 Å². The molecule has 30 heavy (non-hydrogen) atoms. The summed E-state index contributed by atoms with van der Waals surface area (Å²) in [6.45, 7) is 6.18. The molecule has 0 radical (unpaired) electrons. The Labute approximate surface area is 181 Å². The SMILES string of the molecule is Cc1cc(CNCCOCCOCCNc2ccnc3cc(Cl)ccc23)ccc1F. The lowest BCUT2D eigenvalue weighted by Gasteiger charge is -2.10. The quantitative estimate of drug-likeness (QED) is 0.411. The van der Waals surface area contributed by atoms with Crippen LogP contribution in [-0.2, 0) is 16.0 Å². The van der Waals surface area contributed by atoms with Gasteiger partial charge in [-0.25, -0.2) is 4.39 Å². The van der Waals surface area contributed by atoms with Crippen LogP contribution in [0.1, 0.15) is 11.1 Å². The second-order valence-electron chi connectivity index (χ2n) is 6.93. The number of nitrogens with one attached hydrogen (secondary N) is 2. The zero-order chi connectivity index (χ0) is 21.2. The van der Waals surface area contributed by atoms with E-state index in [1.807, 2.05) is 30.3 Å². The van der Waals surface area contributed by atoms with Crippen molar-refractivity contribution < 1.29 is 13.9 Å². The molecular weight excluding hydrogens is 405 g/mol. The number of anilines is 1. The van der Waals surface area contributed by atoms with Crippen molar-refractivity contribution in [3.8, 4) is 0 Å². The van der Waals surface area contributed by atoms with Gasteiger partial charge in [0.25, 0.3) is 0 Å². The van der Waals surface area contributed by atoms with Crippen molar-refractivity contribution in [1.29, 1.82) is 0 Å². The topological polar surface area (TPSA) is 55.4 Å². The van der Waals surface area contributed by atoms with Crippen LogP contribution in [0.5, 0.6) is 0 Å². The Hall–Kier alpha value is -2.25. The highest BCUT2D eigenvalue weighted by Crippen LogP contribution is 2.24. The van der Waals surface area contributed by atoms with Gasteiger partial charge in [0, 0.05) is 41.9 Å². The maximum atomic E-state index is 13.2. The van der Waals surface area contributed by atoms with Gasteiger partial charge in [0.1, 0.15) is 5.82 Å². The van der Waals surface area contributed by atoms with Crippen LogP contribution in [0.15, 0.2) is 48.7 Å². The first-order chi connectivity index (χ1) is 14.6.